The number of hydrogen-bond acceptors (Lipinski definition) is 7. The van der Waals surface area contributed by atoms with Crippen LogP contribution in [-0.2, 0) is 4.79 Å². The Labute approximate surface area is 215 Å². The first kappa shape index (κ1) is 25.8. The zero-order valence-corrected chi connectivity index (χ0v) is 21.1. The van der Waals surface area contributed by atoms with Crippen molar-refractivity contribution < 1.29 is 29.3 Å². The number of ether oxygens (including phenoxy) is 2. The SMILES string of the molecule is CCN(CC)CCOc1ccc2cc(OC=O)ccc2c1N(C)c1c(O)ccc2cc(C(=O)O)ccc12. The molecule has 0 saturated heterocycles. The van der Waals surface area contributed by atoms with Crippen molar-refractivity contribution in [3.05, 3.63) is 66.2 Å². The third-order valence-corrected chi connectivity index (χ3v) is 6.56. The van der Waals surface area contributed by atoms with E-state index in [1.54, 1.807) is 36.4 Å². The summed E-state index contributed by atoms with van der Waals surface area (Å²) in [5, 5.41) is 23.4. The third-order valence-electron chi connectivity index (χ3n) is 6.56. The number of carboxylic acids is 1. The van der Waals surface area contributed by atoms with Crippen LogP contribution in [0.15, 0.2) is 60.7 Å². The van der Waals surface area contributed by atoms with Crippen LogP contribution in [-0.4, -0.2) is 60.8 Å². The zero-order chi connectivity index (χ0) is 26.5. The lowest BCUT2D eigenvalue weighted by Gasteiger charge is -2.27. The van der Waals surface area contributed by atoms with Crippen molar-refractivity contribution in [3.63, 3.8) is 0 Å². The molecule has 0 aliphatic heterocycles. The van der Waals surface area contributed by atoms with Gasteiger partial charge in [0.05, 0.1) is 16.9 Å². The molecule has 8 nitrogen and oxygen atoms in total. The summed E-state index contributed by atoms with van der Waals surface area (Å²) in [6.45, 7) is 7.69. The smallest absolute Gasteiger partial charge is 0.335 e. The van der Waals surface area contributed by atoms with Gasteiger partial charge in [-0.2, -0.15) is 0 Å². The number of hydrogen-bond donors (Lipinski definition) is 2. The fourth-order valence-corrected chi connectivity index (χ4v) is 4.59. The Hall–Kier alpha value is -4.30. The van der Waals surface area contributed by atoms with Crippen LogP contribution >= 0.6 is 0 Å². The largest absolute Gasteiger partial charge is 0.506 e. The van der Waals surface area contributed by atoms with E-state index in [0.29, 0.717) is 41.0 Å². The van der Waals surface area contributed by atoms with Crippen molar-refractivity contribution >= 4 is 45.4 Å². The van der Waals surface area contributed by atoms with Crippen LogP contribution in [0.4, 0.5) is 11.4 Å². The van der Waals surface area contributed by atoms with Gasteiger partial charge in [-0.1, -0.05) is 32.0 Å². The molecule has 0 unspecified atom stereocenters. The first-order valence-electron chi connectivity index (χ1n) is 12.1. The van der Waals surface area contributed by atoms with Gasteiger partial charge in [0.2, 0.25) is 0 Å². The number of benzene rings is 4. The average molecular weight is 503 g/mol. The molecule has 0 bridgehead atoms. The molecule has 2 N–H and O–H groups in total. The molecular weight excluding hydrogens is 472 g/mol. The molecule has 0 amide bonds. The first-order chi connectivity index (χ1) is 17.9. The maximum Gasteiger partial charge on any atom is 0.335 e. The fourth-order valence-electron chi connectivity index (χ4n) is 4.59. The molecule has 0 aliphatic rings. The average Bonchev–Trinajstić information content (AvgIpc) is 2.90. The number of phenols is 1. The van der Waals surface area contributed by atoms with Crippen LogP contribution in [0.2, 0.25) is 0 Å². The van der Waals surface area contributed by atoms with E-state index >= 15 is 0 Å². The molecule has 4 aromatic carbocycles. The highest BCUT2D eigenvalue weighted by Gasteiger charge is 2.21. The molecule has 0 heterocycles. The fraction of sp³-hybridized carbons (Fsp3) is 0.241. The van der Waals surface area contributed by atoms with Crippen LogP contribution in [0.25, 0.3) is 21.5 Å². The molecule has 4 aromatic rings. The van der Waals surface area contributed by atoms with Gasteiger partial charge in [-0.05, 0) is 66.3 Å². The molecule has 0 atom stereocenters. The standard InChI is InChI=1S/C29H30N2O6/c1-4-31(5-2)14-15-36-26-13-8-20-17-22(37-18-32)9-11-24(20)28(26)30(3)27-23-10-6-21(29(34)35)16-19(23)7-12-25(27)33/h6-13,16-18,33H,4-5,14-15H2,1-3H3,(H,34,35). The van der Waals surface area contributed by atoms with Crippen molar-refractivity contribution in [1.29, 1.82) is 0 Å². The van der Waals surface area contributed by atoms with Gasteiger partial charge in [0.25, 0.3) is 6.47 Å². The highest BCUT2D eigenvalue weighted by atomic mass is 16.5. The summed E-state index contributed by atoms with van der Waals surface area (Å²) in [6.07, 6.45) is 0. The van der Waals surface area contributed by atoms with Gasteiger partial charge in [-0.15, -0.1) is 0 Å². The molecule has 0 aromatic heterocycles. The van der Waals surface area contributed by atoms with E-state index in [9.17, 15) is 19.8 Å². The van der Waals surface area contributed by atoms with Crippen molar-refractivity contribution in [2.24, 2.45) is 0 Å². The van der Waals surface area contributed by atoms with Crippen molar-refractivity contribution in [3.8, 4) is 17.2 Å². The minimum Gasteiger partial charge on any atom is -0.506 e. The topological polar surface area (TPSA) is 99.5 Å². The Bertz CT molecular complexity index is 1450. The van der Waals surface area contributed by atoms with Crippen LogP contribution in [0.1, 0.15) is 24.2 Å². The number of aromatic carboxylic acids is 1. The zero-order valence-electron chi connectivity index (χ0n) is 21.1. The summed E-state index contributed by atoms with van der Waals surface area (Å²) in [5.41, 5.74) is 1.41. The van der Waals surface area contributed by atoms with E-state index in [4.69, 9.17) is 9.47 Å². The van der Waals surface area contributed by atoms with Gasteiger partial charge in [-0.25, -0.2) is 4.79 Å². The molecule has 0 fully saturated rings. The minimum absolute atomic E-state index is 0.0464. The van der Waals surface area contributed by atoms with E-state index in [0.717, 1.165) is 36.1 Å². The Kier molecular flexibility index (Phi) is 7.79. The van der Waals surface area contributed by atoms with Gasteiger partial charge in [-0.3, -0.25) is 4.79 Å². The number of phenolic OH excluding ortho intramolecular Hbond substituents is 1. The number of likely N-dealkylation sites (N-methyl/N-ethyl adjacent to an activating group) is 1. The summed E-state index contributed by atoms with van der Waals surface area (Å²) in [6, 6.07) is 17.2. The molecule has 37 heavy (non-hydrogen) atoms. The van der Waals surface area contributed by atoms with Gasteiger partial charge >= 0.3 is 5.97 Å². The number of aromatic hydroxyl groups is 1. The normalized spacial score (nSPS) is 11.1. The Balaban J connectivity index is 1.86. The van der Waals surface area contributed by atoms with E-state index in [-0.39, 0.29) is 11.3 Å². The summed E-state index contributed by atoms with van der Waals surface area (Å²) in [7, 11) is 1.83. The predicted molar refractivity (Wildman–Crippen MR) is 145 cm³/mol. The second-order valence-corrected chi connectivity index (χ2v) is 8.62. The van der Waals surface area contributed by atoms with Crippen molar-refractivity contribution in [2.75, 3.05) is 38.2 Å². The van der Waals surface area contributed by atoms with Gasteiger partial charge in [0, 0.05) is 24.4 Å². The van der Waals surface area contributed by atoms with Crippen molar-refractivity contribution in [1.82, 2.24) is 4.90 Å². The number of rotatable bonds is 11. The molecular formula is C29H30N2O6. The number of nitrogens with zero attached hydrogens (tertiary/aromatic N) is 2. The third kappa shape index (κ3) is 5.29. The molecule has 8 heteroatoms. The Morgan fingerprint density at radius 3 is 2.30 bits per heavy atom. The van der Waals surface area contributed by atoms with Crippen LogP contribution in [0.5, 0.6) is 17.2 Å². The summed E-state index contributed by atoms with van der Waals surface area (Å²) in [5.74, 6) is 0.0755. The summed E-state index contributed by atoms with van der Waals surface area (Å²) in [4.78, 5) is 26.5. The Morgan fingerprint density at radius 2 is 1.59 bits per heavy atom. The first-order valence-corrected chi connectivity index (χ1v) is 12.1. The number of carboxylic acid groups (broad SMARTS) is 1. The van der Waals surface area contributed by atoms with Gasteiger partial charge in [0.1, 0.15) is 23.9 Å². The lowest BCUT2D eigenvalue weighted by atomic mass is 10.0. The molecule has 0 radical (unpaired) electrons. The highest BCUT2D eigenvalue weighted by Crippen LogP contribution is 2.45. The summed E-state index contributed by atoms with van der Waals surface area (Å²) >= 11 is 0. The molecule has 0 saturated carbocycles. The number of carbonyl (C=O) groups excluding carboxylic acids is 1. The van der Waals surface area contributed by atoms with E-state index < -0.39 is 5.97 Å². The maximum atomic E-state index is 11.5. The highest BCUT2D eigenvalue weighted by molar-refractivity contribution is 6.06. The molecule has 0 aliphatic carbocycles. The predicted octanol–water partition coefficient (Wildman–Crippen LogP) is 5.42. The van der Waals surface area contributed by atoms with E-state index in [1.807, 2.05) is 30.1 Å². The van der Waals surface area contributed by atoms with E-state index in [1.165, 1.54) is 6.07 Å². The minimum atomic E-state index is -1.02. The lowest BCUT2D eigenvalue weighted by molar-refractivity contribution is -0.120. The van der Waals surface area contributed by atoms with Gasteiger partial charge in [0.15, 0.2) is 0 Å². The van der Waals surface area contributed by atoms with Gasteiger partial charge < -0.3 is 29.5 Å². The molecule has 0 spiro atoms. The maximum absolute atomic E-state index is 11.5. The van der Waals surface area contributed by atoms with E-state index in [2.05, 4.69) is 18.7 Å². The van der Waals surface area contributed by atoms with Crippen LogP contribution < -0.4 is 14.4 Å². The Morgan fingerprint density at radius 1 is 0.919 bits per heavy atom. The quantitative estimate of drug-likeness (QED) is 0.262. The molecule has 4 rings (SSSR count). The number of carbonyl (C=O) groups is 2. The number of fused-ring (bicyclic) bond motifs is 2. The monoisotopic (exact) mass is 502 g/mol. The van der Waals surface area contributed by atoms with Crippen LogP contribution in [0, 0.1) is 0 Å². The number of anilines is 2. The van der Waals surface area contributed by atoms with Crippen LogP contribution in [0.3, 0.4) is 0 Å². The second-order valence-electron chi connectivity index (χ2n) is 8.62. The van der Waals surface area contributed by atoms with Crippen molar-refractivity contribution in [2.45, 2.75) is 13.8 Å². The lowest BCUT2D eigenvalue weighted by Crippen LogP contribution is -2.28. The summed E-state index contributed by atoms with van der Waals surface area (Å²) < 4.78 is 11.3. The second kappa shape index (κ2) is 11.2. The molecule has 192 valence electrons.